The molecule has 112 valence electrons. The van der Waals surface area contributed by atoms with Gasteiger partial charge in [0.2, 0.25) is 0 Å². The molecule has 5 unspecified atom stereocenters. The van der Waals surface area contributed by atoms with E-state index in [-0.39, 0.29) is 29.8 Å². The van der Waals surface area contributed by atoms with Crippen LogP contribution in [0.1, 0.15) is 32.1 Å². The molecule has 2 heterocycles. The van der Waals surface area contributed by atoms with Crippen molar-refractivity contribution in [2.75, 3.05) is 6.61 Å². The van der Waals surface area contributed by atoms with Gasteiger partial charge in [0.25, 0.3) is 0 Å². The van der Waals surface area contributed by atoms with Gasteiger partial charge in [-0.2, -0.15) is 0 Å². The minimum absolute atomic E-state index is 0.0575. The van der Waals surface area contributed by atoms with Gasteiger partial charge in [0.15, 0.2) is 0 Å². The fraction of sp³-hybridized carbons (Fsp3) is 0.647. The highest BCUT2D eigenvalue weighted by molar-refractivity contribution is 5.85. The van der Waals surface area contributed by atoms with Gasteiger partial charge in [-0.1, -0.05) is 24.3 Å². The van der Waals surface area contributed by atoms with E-state index in [1.54, 1.807) is 0 Å². The van der Waals surface area contributed by atoms with E-state index in [1.165, 1.54) is 0 Å². The third-order valence-electron chi connectivity index (χ3n) is 5.41. The third-order valence-corrected chi connectivity index (χ3v) is 5.41. The van der Waals surface area contributed by atoms with Gasteiger partial charge in [-0.3, -0.25) is 9.59 Å². The largest absolute Gasteiger partial charge is 0.465 e. The van der Waals surface area contributed by atoms with Crippen LogP contribution in [-0.4, -0.2) is 30.1 Å². The van der Waals surface area contributed by atoms with Crippen LogP contribution >= 0.6 is 0 Å². The first-order valence-electron chi connectivity index (χ1n) is 7.93. The van der Waals surface area contributed by atoms with E-state index in [4.69, 9.17) is 9.47 Å². The van der Waals surface area contributed by atoms with E-state index in [1.807, 2.05) is 6.08 Å². The molecule has 1 spiro atoms. The van der Waals surface area contributed by atoms with Gasteiger partial charge in [-0.15, -0.1) is 0 Å². The molecule has 2 aliphatic heterocycles. The van der Waals surface area contributed by atoms with Crippen LogP contribution in [0, 0.1) is 17.8 Å². The van der Waals surface area contributed by atoms with Crippen molar-refractivity contribution >= 4 is 11.8 Å². The lowest BCUT2D eigenvalue weighted by atomic mass is 9.62. The van der Waals surface area contributed by atoms with Crippen LogP contribution in [0.25, 0.3) is 0 Å². The minimum Gasteiger partial charge on any atom is -0.465 e. The van der Waals surface area contributed by atoms with Gasteiger partial charge in [0.1, 0.15) is 11.4 Å². The monoisotopic (exact) mass is 288 g/mol. The zero-order chi connectivity index (χ0) is 14.4. The summed E-state index contributed by atoms with van der Waals surface area (Å²) in [7, 11) is 0. The lowest BCUT2D eigenvalue weighted by Crippen LogP contribution is -2.48. The Hall–Kier alpha value is -1.42. The van der Waals surface area contributed by atoms with E-state index in [0.717, 1.165) is 6.42 Å². The van der Waals surface area contributed by atoms with E-state index >= 15 is 0 Å². The Bertz CT molecular complexity index is 535. The molecular weight excluding hydrogens is 268 g/mol. The molecule has 2 aliphatic carbocycles. The number of cyclic esters (lactones) is 1. The predicted molar refractivity (Wildman–Crippen MR) is 75.4 cm³/mol. The Morgan fingerprint density at radius 3 is 2.95 bits per heavy atom. The molecular formula is C17H20O4. The van der Waals surface area contributed by atoms with Crippen LogP contribution in [-0.2, 0) is 19.1 Å². The average molecular weight is 288 g/mol. The Morgan fingerprint density at radius 1 is 1.14 bits per heavy atom. The van der Waals surface area contributed by atoms with Gasteiger partial charge in [0.05, 0.1) is 18.6 Å². The molecule has 1 saturated heterocycles. The molecule has 1 saturated carbocycles. The zero-order valence-electron chi connectivity index (χ0n) is 12.0. The molecule has 2 fully saturated rings. The lowest BCUT2D eigenvalue weighted by molar-refractivity contribution is -0.144. The first-order chi connectivity index (χ1) is 10.2. The lowest BCUT2D eigenvalue weighted by Gasteiger charge is -2.40. The van der Waals surface area contributed by atoms with Crippen molar-refractivity contribution in [3.8, 4) is 0 Å². The minimum atomic E-state index is -0.519. The molecule has 0 radical (unpaired) electrons. The van der Waals surface area contributed by atoms with E-state index in [0.29, 0.717) is 38.1 Å². The number of esters is 1. The van der Waals surface area contributed by atoms with Crippen molar-refractivity contribution in [2.24, 2.45) is 17.8 Å². The molecule has 0 aromatic rings. The maximum atomic E-state index is 12.5. The number of hydrogen-bond donors (Lipinski definition) is 0. The van der Waals surface area contributed by atoms with Gasteiger partial charge < -0.3 is 9.47 Å². The van der Waals surface area contributed by atoms with Crippen molar-refractivity contribution < 1.29 is 19.1 Å². The van der Waals surface area contributed by atoms with E-state index in [2.05, 4.69) is 18.2 Å². The van der Waals surface area contributed by atoms with Crippen LogP contribution in [0.4, 0.5) is 0 Å². The van der Waals surface area contributed by atoms with Gasteiger partial charge in [0, 0.05) is 24.7 Å². The second kappa shape index (κ2) is 4.80. The summed E-state index contributed by atoms with van der Waals surface area (Å²) in [6.07, 6.45) is 11.8. The first-order valence-corrected chi connectivity index (χ1v) is 7.93. The highest BCUT2D eigenvalue weighted by Crippen LogP contribution is 2.55. The highest BCUT2D eigenvalue weighted by atomic mass is 16.5. The van der Waals surface area contributed by atoms with Crippen LogP contribution in [0.3, 0.4) is 0 Å². The summed E-state index contributed by atoms with van der Waals surface area (Å²) in [5.74, 6) is 0.434. The third kappa shape index (κ3) is 1.92. The molecule has 4 aliphatic rings. The molecule has 21 heavy (non-hydrogen) atoms. The summed E-state index contributed by atoms with van der Waals surface area (Å²) in [6.45, 7) is 0.414. The average Bonchev–Trinajstić information content (AvgIpc) is 2.60. The number of carbonyl (C=O) groups excluding carboxylic acids is 2. The van der Waals surface area contributed by atoms with Crippen LogP contribution in [0.15, 0.2) is 24.3 Å². The van der Waals surface area contributed by atoms with Crippen molar-refractivity contribution in [3.63, 3.8) is 0 Å². The first kappa shape index (κ1) is 13.3. The second-order valence-electron chi connectivity index (χ2n) is 6.51. The Labute approximate surface area is 124 Å². The number of hydrogen-bond acceptors (Lipinski definition) is 4. The summed E-state index contributed by atoms with van der Waals surface area (Å²) in [5, 5.41) is 0. The molecule has 0 aromatic heterocycles. The molecule has 0 amide bonds. The van der Waals surface area contributed by atoms with Crippen molar-refractivity contribution in [1.82, 2.24) is 0 Å². The van der Waals surface area contributed by atoms with Crippen molar-refractivity contribution in [2.45, 2.75) is 43.8 Å². The van der Waals surface area contributed by atoms with Crippen molar-refractivity contribution in [1.29, 1.82) is 0 Å². The predicted octanol–water partition coefficient (Wildman–Crippen LogP) is 2.19. The molecule has 5 atom stereocenters. The van der Waals surface area contributed by atoms with Crippen LogP contribution < -0.4 is 0 Å². The summed E-state index contributed by atoms with van der Waals surface area (Å²) < 4.78 is 11.6. The summed E-state index contributed by atoms with van der Waals surface area (Å²) in [6, 6.07) is 0. The fourth-order valence-corrected chi connectivity index (χ4v) is 4.50. The van der Waals surface area contributed by atoms with Crippen LogP contribution in [0.2, 0.25) is 0 Å². The van der Waals surface area contributed by atoms with E-state index < -0.39 is 5.60 Å². The quantitative estimate of drug-likeness (QED) is 0.506. The van der Waals surface area contributed by atoms with Crippen molar-refractivity contribution in [3.05, 3.63) is 24.3 Å². The number of ketones is 1. The summed E-state index contributed by atoms with van der Waals surface area (Å²) in [4.78, 5) is 24.2. The molecule has 4 rings (SSSR count). The number of Topliss-reactive ketones (excluding diaryl/α,β-unsaturated/α-hetero) is 1. The standard InChI is InChI=1S/C17H20O4/c18-13-6-7-14-12-5-3-11-4-8-15(19)20-10-2-1-9-17(11,21-14)16(12)13/h1,3,5,9,11-12,14,16H,2,4,6-8,10H2/b9-1-. The van der Waals surface area contributed by atoms with E-state index in [9.17, 15) is 9.59 Å². The highest BCUT2D eigenvalue weighted by Gasteiger charge is 2.62. The molecule has 4 heteroatoms. The Balaban J connectivity index is 1.75. The zero-order valence-corrected chi connectivity index (χ0v) is 12.0. The number of rotatable bonds is 0. The molecule has 4 nitrogen and oxygen atoms in total. The normalized spacial score (nSPS) is 46.7. The van der Waals surface area contributed by atoms with Gasteiger partial charge in [-0.05, 0) is 19.3 Å². The Kier molecular flexibility index (Phi) is 3.03. The molecule has 4 bridgehead atoms. The van der Waals surface area contributed by atoms with Crippen LogP contribution in [0.5, 0.6) is 0 Å². The van der Waals surface area contributed by atoms with Gasteiger partial charge in [-0.25, -0.2) is 0 Å². The SMILES string of the molecule is O=C1CCC2C=CC3C4CCC(=O)C3C2(/C=C\CCO1)O4. The molecule has 0 N–H and O–H groups in total. The maximum absolute atomic E-state index is 12.5. The molecule has 0 aromatic carbocycles. The summed E-state index contributed by atoms with van der Waals surface area (Å²) >= 11 is 0. The maximum Gasteiger partial charge on any atom is 0.305 e. The Morgan fingerprint density at radius 2 is 2.05 bits per heavy atom. The fourth-order valence-electron chi connectivity index (χ4n) is 4.50. The second-order valence-corrected chi connectivity index (χ2v) is 6.51. The number of ether oxygens (including phenoxy) is 2. The van der Waals surface area contributed by atoms with Gasteiger partial charge >= 0.3 is 5.97 Å². The topological polar surface area (TPSA) is 52.6 Å². The smallest absolute Gasteiger partial charge is 0.305 e. The summed E-state index contributed by atoms with van der Waals surface area (Å²) in [5.41, 5.74) is -0.519. The number of carbonyl (C=O) groups is 2.